The van der Waals surface area contributed by atoms with E-state index in [1.807, 2.05) is 6.92 Å². The lowest BCUT2D eigenvalue weighted by Crippen LogP contribution is -2.51. The van der Waals surface area contributed by atoms with Gasteiger partial charge in [0.15, 0.2) is 0 Å². The fourth-order valence-corrected chi connectivity index (χ4v) is 3.46. The van der Waals surface area contributed by atoms with Crippen LogP contribution >= 0.6 is 0 Å². The Bertz CT molecular complexity index is 378. The van der Waals surface area contributed by atoms with Crippen molar-refractivity contribution >= 4 is 11.6 Å². The van der Waals surface area contributed by atoms with Crippen LogP contribution < -0.4 is 0 Å². The van der Waals surface area contributed by atoms with Gasteiger partial charge in [0.05, 0.1) is 0 Å². The number of hydrogen-bond donors (Lipinski definition) is 0. The molecule has 2 heteroatoms. The summed E-state index contributed by atoms with van der Waals surface area (Å²) in [6.07, 6.45) is 3.79. The van der Waals surface area contributed by atoms with Crippen LogP contribution in [-0.2, 0) is 9.59 Å². The number of carbonyl (C=O) groups is 2. The molecule has 0 N–H and O–H groups in total. The van der Waals surface area contributed by atoms with Crippen LogP contribution in [0.5, 0.6) is 0 Å². The summed E-state index contributed by atoms with van der Waals surface area (Å²) < 4.78 is 0. The third-order valence-electron chi connectivity index (χ3n) is 4.62. The van der Waals surface area contributed by atoms with Gasteiger partial charge in [-0.05, 0) is 37.0 Å². The zero-order chi connectivity index (χ0) is 12.8. The van der Waals surface area contributed by atoms with Crippen molar-refractivity contribution in [2.75, 3.05) is 0 Å². The van der Waals surface area contributed by atoms with Gasteiger partial charge in [0, 0.05) is 11.8 Å². The third-order valence-corrected chi connectivity index (χ3v) is 4.62. The van der Waals surface area contributed by atoms with Crippen molar-refractivity contribution in [1.29, 1.82) is 0 Å². The highest BCUT2D eigenvalue weighted by molar-refractivity contribution is 6.39. The molecule has 2 aliphatic rings. The molecule has 0 spiro atoms. The number of hydrogen-bond acceptors (Lipinski definition) is 2. The SMILES string of the molecule is C=C1CCCC(C)C(=O)C(=O)C2C1CC2(C)C. The monoisotopic (exact) mass is 234 g/mol. The van der Waals surface area contributed by atoms with E-state index in [9.17, 15) is 9.59 Å². The lowest BCUT2D eigenvalue weighted by molar-refractivity contribution is -0.149. The van der Waals surface area contributed by atoms with Gasteiger partial charge in [-0.1, -0.05) is 32.9 Å². The molecule has 94 valence electrons. The van der Waals surface area contributed by atoms with Gasteiger partial charge in [0.1, 0.15) is 0 Å². The Hall–Kier alpha value is -0.920. The summed E-state index contributed by atoms with van der Waals surface area (Å²) in [6, 6.07) is 0. The number of fused-ring (bicyclic) bond motifs is 1. The van der Waals surface area contributed by atoms with E-state index >= 15 is 0 Å². The van der Waals surface area contributed by atoms with Gasteiger partial charge < -0.3 is 0 Å². The molecule has 0 aromatic carbocycles. The van der Waals surface area contributed by atoms with Gasteiger partial charge in [-0.25, -0.2) is 0 Å². The molecule has 0 aromatic rings. The van der Waals surface area contributed by atoms with Crippen LogP contribution in [0.1, 0.15) is 46.5 Å². The van der Waals surface area contributed by atoms with Crippen molar-refractivity contribution in [2.24, 2.45) is 23.2 Å². The van der Waals surface area contributed by atoms with Gasteiger partial charge in [-0.15, -0.1) is 0 Å². The maximum Gasteiger partial charge on any atom is 0.202 e. The standard InChI is InChI=1S/C15H22O2/c1-9-6-5-7-10(2)13(16)14(17)12-11(9)8-15(12,3)4/h10-12H,1,5-8H2,2-4H3. The van der Waals surface area contributed by atoms with E-state index in [-0.39, 0.29) is 34.7 Å². The Morgan fingerprint density at radius 2 is 1.88 bits per heavy atom. The first kappa shape index (κ1) is 12.5. The fourth-order valence-electron chi connectivity index (χ4n) is 3.46. The second-order valence-corrected chi connectivity index (χ2v) is 6.46. The lowest BCUT2D eigenvalue weighted by atomic mass is 9.51. The van der Waals surface area contributed by atoms with Crippen molar-refractivity contribution in [1.82, 2.24) is 0 Å². The first-order valence-electron chi connectivity index (χ1n) is 6.60. The zero-order valence-electron chi connectivity index (χ0n) is 11.1. The summed E-state index contributed by atoms with van der Waals surface area (Å²) in [4.78, 5) is 24.3. The number of ketones is 2. The second-order valence-electron chi connectivity index (χ2n) is 6.46. The molecule has 0 aliphatic heterocycles. The van der Waals surface area contributed by atoms with Crippen LogP contribution in [0, 0.1) is 23.2 Å². The molecule has 0 amide bonds. The first-order chi connectivity index (χ1) is 7.84. The average Bonchev–Trinajstić information content (AvgIpc) is 2.26. The number of allylic oxidation sites excluding steroid dienone is 1. The minimum atomic E-state index is -0.150. The smallest absolute Gasteiger partial charge is 0.202 e. The van der Waals surface area contributed by atoms with E-state index in [2.05, 4.69) is 20.4 Å². The molecule has 0 heterocycles. The highest BCUT2D eigenvalue weighted by Crippen LogP contribution is 2.55. The van der Waals surface area contributed by atoms with Crippen LogP contribution in [0.3, 0.4) is 0 Å². The summed E-state index contributed by atoms with van der Waals surface area (Å²) >= 11 is 0. The van der Waals surface area contributed by atoms with Crippen LogP contribution in [0.25, 0.3) is 0 Å². The van der Waals surface area contributed by atoms with Gasteiger partial charge >= 0.3 is 0 Å². The molecule has 0 radical (unpaired) electrons. The Labute approximate surface area is 103 Å². The molecule has 2 aliphatic carbocycles. The molecule has 2 fully saturated rings. The predicted octanol–water partition coefficient (Wildman–Crippen LogP) is 3.16. The second kappa shape index (κ2) is 4.08. The van der Waals surface area contributed by atoms with E-state index in [0.29, 0.717) is 0 Å². The van der Waals surface area contributed by atoms with Crippen molar-refractivity contribution in [3.8, 4) is 0 Å². The third kappa shape index (κ3) is 1.98. The zero-order valence-corrected chi connectivity index (χ0v) is 11.1. The Morgan fingerprint density at radius 3 is 2.47 bits per heavy atom. The normalized spacial score (nSPS) is 37.6. The van der Waals surface area contributed by atoms with E-state index in [1.54, 1.807) is 0 Å². The molecule has 3 atom stereocenters. The van der Waals surface area contributed by atoms with Crippen LogP contribution in [-0.4, -0.2) is 11.6 Å². The number of rotatable bonds is 0. The Kier molecular flexibility index (Phi) is 3.01. The summed E-state index contributed by atoms with van der Waals surface area (Å²) in [7, 11) is 0. The summed E-state index contributed by atoms with van der Waals surface area (Å²) in [6.45, 7) is 10.2. The molecule has 0 aromatic heterocycles. The predicted molar refractivity (Wildman–Crippen MR) is 67.5 cm³/mol. The molecule has 17 heavy (non-hydrogen) atoms. The maximum absolute atomic E-state index is 12.3. The number of Topliss-reactive ketones (excluding diaryl/α,β-unsaturated/α-hetero) is 2. The maximum atomic E-state index is 12.3. The Balaban J connectivity index is 2.30. The molecular weight excluding hydrogens is 212 g/mol. The molecule has 2 saturated carbocycles. The van der Waals surface area contributed by atoms with Crippen molar-refractivity contribution in [3.63, 3.8) is 0 Å². The molecule has 2 nitrogen and oxygen atoms in total. The quantitative estimate of drug-likeness (QED) is 0.476. The van der Waals surface area contributed by atoms with Crippen LogP contribution in [0.4, 0.5) is 0 Å². The molecule has 3 unspecified atom stereocenters. The van der Waals surface area contributed by atoms with E-state index in [0.717, 1.165) is 25.7 Å². The van der Waals surface area contributed by atoms with E-state index < -0.39 is 0 Å². The van der Waals surface area contributed by atoms with E-state index in [1.165, 1.54) is 5.57 Å². The largest absolute Gasteiger partial charge is 0.291 e. The minimum Gasteiger partial charge on any atom is -0.291 e. The topological polar surface area (TPSA) is 34.1 Å². The lowest BCUT2D eigenvalue weighted by Gasteiger charge is -2.51. The number of carbonyl (C=O) groups excluding carboxylic acids is 2. The average molecular weight is 234 g/mol. The minimum absolute atomic E-state index is 0.0234. The van der Waals surface area contributed by atoms with Gasteiger partial charge in [-0.2, -0.15) is 0 Å². The highest BCUT2D eigenvalue weighted by Gasteiger charge is 2.53. The molecule has 2 rings (SSSR count). The van der Waals surface area contributed by atoms with Crippen molar-refractivity contribution < 1.29 is 9.59 Å². The van der Waals surface area contributed by atoms with Crippen LogP contribution in [0.15, 0.2) is 12.2 Å². The van der Waals surface area contributed by atoms with E-state index in [4.69, 9.17) is 0 Å². The summed E-state index contributed by atoms with van der Waals surface area (Å²) in [5.74, 6) is -0.246. The molecule has 0 saturated heterocycles. The van der Waals surface area contributed by atoms with Gasteiger partial charge in [-0.3, -0.25) is 9.59 Å². The highest BCUT2D eigenvalue weighted by atomic mass is 16.2. The van der Waals surface area contributed by atoms with Gasteiger partial charge in [0.2, 0.25) is 11.6 Å². The van der Waals surface area contributed by atoms with Crippen LogP contribution in [0.2, 0.25) is 0 Å². The fraction of sp³-hybridized carbons (Fsp3) is 0.733. The van der Waals surface area contributed by atoms with Gasteiger partial charge in [0.25, 0.3) is 0 Å². The molecule has 0 bridgehead atoms. The summed E-state index contributed by atoms with van der Waals surface area (Å²) in [5.41, 5.74) is 1.16. The summed E-state index contributed by atoms with van der Waals surface area (Å²) in [5, 5.41) is 0. The van der Waals surface area contributed by atoms with Crippen molar-refractivity contribution in [2.45, 2.75) is 46.5 Å². The Morgan fingerprint density at radius 1 is 1.24 bits per heavy atom. The van der Waals surface area contributed by atoms with Crippen molar-refractivity contribution in [3.05, 3.63) is 12.2 Å². The first-order valence-corrected chi connectivity index (χ1v) is 6.60. The molecular formula is C15H22O2.